The highest BCUT2D eigenvalue weighted by atomic mass is 16.6. The van der Waals surface area contributed by atoms with Crippen LogP contribution in [-0.4, -0.2) is 35.2 Å². The predicted octanol–water partition coefficient (Wildman–Crippen LogP) is 4.22. The van der Waals surface area contributed by atoms with Crippen LogP contribution in [0.3, 0.4) is 0 Å². The Morgan fingerprint density at radius 2 is 1.65 bits per heavy atom. The van der Waals surface area contributed by atoms with Gasteiger partial charge in [-0.25, -0.2) is 14.6 Å². The summed E-state index contributed by atoms with van der Waals surface area (Å²) in [4.78, 5) is 30.0. The van der Waals surface area contributed by atoms with Crippen molar-refractivity contribution < 1.29 is 23.8 Å². The fraction of sp³-hybridized carbons (Fsp3) is 0.464. The molecular formula is C28H38N4O5. The number of carbonyl (C=O) groups excluding carboxylic acids is 2. The molecule has 0 bridgehead atoms. The van der Waals surface area contributed by atoms with E-state index in [1.807, 2.05) is 31.2 Å². The second kappa shape index (κ2) is 10.4. The van der Waals surface area contributed by atoms with Crippen molar-refractivity contribution in [3.05, 3.63) is 59.2 Å². The Balaban J connectivity index is 1.91. The second-order valence-corrected chi connectivity index (χ2v) is 11.3. The van der Waals surface area contributed by atoms with Crippen LogP contribution in [0.5, 0.6) is 5.75 Å². The summed E-state index contributed by atoms with van der Waals surface area (Å²) in [5.41, 5.74) is 12.6. The Morgan fingerprint density at radius 3 is 2.30 bits per heavy atom. The summed E-state index contributed by atoms with van der Waals surface area (Å²) in [5.74, 6) is 0.334. The van der Waals surface area contributed by atoms with Gasteiger partial charge in [-0.3, -0.25) is 0 Å². The van der Waals surface area contributed by atoms with Crippen LogP contribution in [-0.2, 0) is 32.8 Å². The Labute approximate surface area is 218 Å². The van der Waals surface area contributed by atoms with Gasteiger partial charge >= 0.3 is 12.1 Å². The van der Waals surface area contributed by atoms with Gasteiger partial charge in [-0.1, -0.05) is 30.3 Å². The molecule has 2 atom stereocenters. The van der Waals surface area contributed by atoms with Crippen LogP contribution >= 0.6 is 0 Å². The fourth-order valence-electron chi connectivity index (χ4n) is 3.78. The number of hydrogen-bond acceptors (Lipinski definition) is 8. The van der Waals surface area contributed by atoms with Crippen LogP contribution < -0.4 is 21.5 Å². The first-order valence-corrected chi connectivity index (χ1v) is 12.3. The molecule has 9 heteroatoms. The third-order valence-electron chi connectivity index (χ3n) is 5.52. The zero-order chi connectivity index (χ0) is 27.6. The molecule has 2 aromatic carbocycles. The van der Waals surface area contributed by atoms with Crippen molar-refractivity contribution in [2.45, 2.75) is 84.3 Å². The summed E-state index contributed by atoms with van der Waals surface area (Å²) in [6.07, 6.45) is -0.702. The lowest BCUT2D eigenvalue weighted by Crippen LogP contribution is -2.50. The van der Waals surface area contributed by atoms with Gasteiger partial charge in [-0.2, -0.15) is 0 Å². The van der Waals surface area contributed by atoms with E-state index in [2.05, 4.69) is 10.3 Å². The molecule has 1 aliphatic heterocycles. The monoisotopic (exact) mass is 510 g/mol. The van der Waals surface area contributed by atoms with Gasteiger partial charge in [0, 0.05) is 13.0 Å². The quantitative estimate of drug-likeness (QED) is 0.495. The largest absolute Gasteiger partial charge is 0.481 e. The molecule has 5 N–H and O–H groups in total. The number of nitrogens with two attached hydrogens (primary N) is 2. The first-order valence-electron chi connectivity index (χ1n) is 12.3. The number of aliphatic imine (C=N–C) groups is 1. The smallest absolute Gasteiger partial charge is 0.407 e. The van der Waals surface area contributed by atoms with Crippen LogP contribution in [0.15, 0.2) is 47.5 Å². The molecule has 2 aromatic rings. The van der Waals surface area contributed by atoms with Gasteiger partial charge in [0.15, 0.2) is 6.10 Å². The predicted molar refractivity (Wildman–Crippen MR) is 143 cm³/mol. The van der Waals surface area contributed by atoms with E-state index >= 15 is 0 Å². The van der Waals surface area contributed by atoms with Gasteiger partial charge in [-0.15, -0.1) is 0 Å². The van der Waals surface area contributed by atoms with Crippen molar-refractivity contribution in [1.29, 1.82) is 0 Å². The number of nitrogens with zero attached hydrogens (tertiary/aromatic N) is 1. The number of nitrogens with one attached hydrogen (secondary N) is 1. The lowest BCUT2D eigenvalue weighted by molar-refractivity contribution is -0.162. The lowest BCUT2D eigenvalue weighted by Gasteiger charge is -2.32. The van der Waals surface area contributed by atoms with Crippen LogP contribution in [0.4, 0.5) is 10.5 Å². The average molecular weight is 511 g/mol. The van der Waals surface area contributed by atoms with Gasteiger partial charge in [-0.05, 0) is 77.3 Å². The van der Waals surface area contributed by atoms with Crippen LogP contribution in [0.1, 0.15) is 65.2 Å². The van der Waals surface area contributed by atoms with Crippen molar-refractivity contribution in [2.75, 3.05) is 0 Å². The van der Waals surface area contributed by atoms with Crippen LogP contribution in [0.2, 0.25) is 0 Å². The van der Waals surface area contributed by atoms with Gasteiger partial charge in [0.05, 0.1) is 0 Å². The van der Waals surface area contributed by atoms with Crippen molar-refractivity contribution in [2.24, 2.45) is 16.5 Å². The molecule has 1 aliphatic rings. The molecule has 0 saturated carbocycles. The summed E-state index contributed by atoms with van der Waals surface area (Å²) in [6.45, 7) is 12.9. The first-order chi connectivity index (χ1) is 17.1. The van der Waals surface area contributed by atoms with Crippen molar-refractivity contribution in [3.63, 3.8) is 0 Å². The molecule has 1 heterocycles. The van der Waals surface area contributed by atoms with Gasteiger partial charge in [0.25, 0.3) is 0 Å². The summed E-state index contributed by atoms with van der Waals surface area (Å²) in [7, 11) is 0. The number of hydrogen-bond donors (Lipinski definition) is 3. The number of alkyl carbamates (subject to hydrolysis) is 1. The van der Waals surface area contributed by atoms with Gasteiger partial charge < -0.3 is 31.0 Å². The molecule has 0 spiro atoms. The van der Waals surface area contributed by atoms with Crippen LogP contribution in [0, 0.1) is 0 Å². The molecule has 200 valence electrons. The Kier molecular flexibility index (Phi) is 7.88. The number of amidine groups is 1. The van der Waals surface area contributed by atoms with Crippen molar-refractivity contribution in [3.8, 4) is 5.75 Å². The normalized spacial score (nSPS) is 17.0. The number of rotatable bonds is 6. The van der Waals surface area contributed by atoms with Crippen LogP contribution in [0.25, 0.3) is 0 Å². The third kappa shape index (κ3) is 7.45. The van der Waals surface area contributed by atoms with E-state index in [4.69, 9.17) is 25.7 Å². The summed E-state index contributed by atoms with van der Waals surface area (Å²) in [6, 6.07) is 12.7. The number of benzene rings is 2. The molecule has 0 aromatic heterocycles. The Hall–Kier alpha value is -3.59. The fourth-order valence-corrected chi connectivity index (χ4v) is 3.78. The third-order valence-corrected chi connectivity index (χ3v) is 5.52. The first kappa shape index (κ1) is 28.0. The molecule has 37 heavy (non-hydrogen) atoms. The molecule has 0 saturated heterocycles. The SMILES string of the molecule is CC1Oc2ccc(C(N)(Cc3cccc(CNC(=O)OC(C)(C)C)c3)C(=O)OC(C)(C)C)cc2N=C1N. The Morgan fingerprint density at radius 1 is 1.00 bits per heavy atom. The highest BCUT2D eigenvalue weighted by Crippen LogP contribution is 2.37. The van der Waals surface area contributed by atoms with E-state index in [-0.39, 0.29) is 19.1 Å². The summed E-state index contributed by atoms with van der Waals surface area (Å²) < 4.78 is 16.8. The van der Waals surface area contributed by atoms with E-state index in [1.54, 1.807) is 59.7 Å². The zero-order valence-corrected chi connectivity index (χ0v) is 22.7. The number of amides is 1. The molecule has 2 unspecified atom stereocenters. The molecule has 0 fully saturated rings. The van der Waals surface area contributed by atoms with Gasteiger partial charge in [0.1, 0.15) is 34.0 Å². The second-order valence-electron chi connectivity index (χ2n) is 11.3. The van der Waals surface area contributed by atoms with Crippen molar-refractivity contribution >= 4 is 23.6 Å². The molecular weight excluding hydrogens is 472 g/mol. The number of fused-ring (bicyclic) bond motifs is 1. The molecule has 9 nitrogen and oxygen atoms in total. The zero-order valence-electron chi connectivity index (χ0n) is 22.7. The minimum absolute atomic E-state index is 0.150. The summed E-state index contributed by atoms with van der Waals surface area (Å²) >= 11 is 0. The maximum atomic E-state index is 13.5. The highest BCUT2D eigenvalue weighted by molar-refractivity contribution is 5.90. The molecule has 0 radical (unpaired) electrons. The van der Waals surface area contributed by atoms with E-state index in [0.717, 1.165) is 11.1 Å². The van der Waals surface area contributed by atoms with E-state index in [0.29, 0.717) is 22.8 Å². The Bertz CT molecular complexity index is 1200. The highest BCUT2D eigenvalue weighted by Gasteiger charge is 2.41. The average Bonchev–Trinajstić information content (AvgIpc) is 2.76. The number of ether oxygens (including phenoxy) is 3. The maximum Gasteiger partial charge on any atom is 0.407 e. The number of carbonyl (C=O) groups is 2. The van der Waals surface area contributed by atoms with E-state index in [1.165, 1.54) is 0 Å². The summed E-state index contributed by atoms with van der Waals surface area (Å²) in [5, 5.41) is 2.75. The lowest BCUT2D eigenvalue weighted by atomic mass is 9.83. The standard InChI is InChI=1S/C28H38N4O5/c1-17-23(29)32-21-14-20(11-12-22(21)35-17)28(30,24(33)36-26(2,3)4)15-18-9-8-10-19(13-18)16-31-25(34)37-27(5,6)7/h8-14,17H,15-16,30H2,1-7H3,(H2,29,32)(H,31,34). The molecule has 0 aliphatic carbocycles. The number of esters is 1. The maximum absolute atomic E-state index is 13.5. The topological polar surface area (TPSA) is 138 Å². The molecule has 3 rings (SSSR count). The van der Waals surface area contributed by atoms with E-state index in [9.17, 15) is 9.59 Å². The van der Waals surface area contributed by atoms with Crippen molar-refractivity contribution in [1.82, 2.24) is 5.32 Å². The minimum atomic E-state index is -1.52. The van der Waals surface area contributed by atoms with Gasteiger partial charge in [0.2, 0.25) is 0 Å². The molecule has 1 amide bonds. The van der Waals surface area contributed by atoms with E-state index < -0.39 is 28.8 Å². The minimum Gasteiger partial charge on any atom is -0.481 e.